The number of hydrogen-bond acceptors (Lipinski definition) is 3. The Kier molecular flexibility index (Phi) is 5.32. The van der Waals surface area contributed by atoms with E-state index in [1.54, 1.807) is 24.3 Å². The third-order valence-corrected chi connectivity index (χ3v) is 5.16. The lowest BCUT2D eigenvalue weighted by atomic mass is 10.2. The van der Waals surface area contributed by atoms with Crippen molar-refractivity contribution in [2.75, 3.05) is 0 Å². The molecule has 4 nitrogen and oxygen atoms in total. The smallest absolute Gasteiger partial charge is 0.244 e. The van der Waals surface area contributed by atoms with Crippen LogP contribution in [0.2, 0.25) is 0 Å². The molecule has 0 radical (unpaired) electrons. The number of amides is 1. The first-order valence-corrected chi connectivity index (χ1v) is 9.12. The molecule has 1 amide bonds. The van der Waals surface area contributed by atoms with Crippen molar-refractivity contribution < 1.29 is 9.18 Å². The van der Waals surface area contributed by atoms with Crippen molar-refractivity contribution in [1.29, 1.82) is 0 Å². The summed E-state index contributed by atoms with van der Waals surface area (Å²) in [5, 5.41) is 2.88. The van der Waals surface area contributed by atoms with E-state index in [1.165, 1.54) is 23.5 Å². The number of thiophene rings is 1. The highest BCUT2D eigenvalue weighted by atomic mass is 32.1. The number of aryl methyl sites for hydroxylation is 2. The second-order valence-electron chi connectivity index (χ2n) is 6.08. The third kappa shape index (κ3) is 4.08. The second kappa shape index (κ2) is 7.66. The number of hydrogen-bond donors (Lipinski definition) is 2. The summed E-state index contributed by atoms with van der Waals surface area (Å²) in [5.74, 6) is 0.283. The van der Waals surface area contributed by atoms with E-state index in [0.717, 1.165) is 27.0 Å². The van der Waals surface area contributed by atoms with Gasteiger partial charge >= 0.3 is 0 Å². The average molecular weight is 369 g/mol. The number of aromatic amines is 1. The van der Waals surface area contributed by atoms with Crippen molar-refractivity contribution in [2.45, 2.75) is 26.8 Å². The molecule has 134 valence electrons. The number of benzene rings is 1. The minimum atomic E-state index is -0.250. The van der Waals surface area contributed by atoms with E-state index in [1.807, 2.05) is 32.9 Å². The molecule has 0 aliphatic heterocycles. The van der Waals surface area contributed by atoms with Gasteiger partial charge in [-0.15, -0.1) is 11.3 Å². The molecule has 1 aromatic carbocycles. The van der Waals surface area contributed by atoms with Crippen LogP contribution in [0.3, 0.4) is 0 Å². The summed E-state index contributed by atoms with van der Waals surface area (Å²) in [4.78, 5) is 21.4. The number of H-pyrrole nitrogens is 1. The van der Waals surface area contributed by atoms with Crippen molar-refractivity contribution in [3.8, 4) is 10.4 Å². The number of halogens is 1. The number of carbonyl (C=O) groups is 1. The molecule has 0 saturated heterocycles. The normalized spacial score (nSPS) is 12.5. The zero-order chi connectivity index (χ0) is 18.7. The molecule has 2 N–H and O–H groups in total. The molecule has 3 aromatic rings. The van der Waals surface area contributed by atoms with Crippen molar-refractivity contribution in [2.24, 2.45) is 0 Å². The average Bonchev–Trinajstić information content (AvgIpc) is 3.21. The molecule has 2 heterocycles. The Morgan fingerprint density at radius 2 is 2.04 bits per heavy atom. The predicted octanol–water partition coefficient (Wildman–Crippen LogP) is 4.78. The molecule has 0 aliphatic carbocycles. The highest BCUT2D eigenvalue weighted by Gasteiger charge is 2.12. The number of nitrogens with one attached hydrogen (secondary N) is 2. The number of nitrogens with zero attached hydrogens (tertiary/aromatic N) is 1. The minimum absolute atomic E-state index is 0.204. The highest BCUT2D eigenvalue weighted by molar-refractivity contribution is 7.16. The van der Waals surface area contributed by atoms with Crippen LogP contribution in [0, 0.1) is 19.7 Å². The summed E-state index contributed by atoms with van der Waals surface area (Å²) in [7, 11) is 0. The maximum Gasteiger partial charge on any atom is 0.244 e. The van der Waals surface area contributed by atoms with Crippen LogP contribution in [0.25, 0.3) is 16.5 Å². The van der Waals surface area contributed by atoms with Crippen molar-refractivity contribution in [3.05, 3.63) is 70.4 Å². The largest absolute Gasteiger partial charge is 0.344 e. The Balaban J connectivity index is 1.64. The number of imidazole rings is 1. The number of rotatable bonds is 5. The van der Waals surface area contributed by atoms with E-state index in [9.17, 15) is 9.18 Å². The zero-order valence-electron chi connectivity index (χ0n) is 14.8. The lowest BCUT2D eigenvalue weighted by Gasteiger charge is -2.09. The number of carbonyl (C=O) groups excluding carboxylic acids is 1. The SMILES string of the molecule is Cc1nc(C(C)NC(=O)/C=C/c2ccc(-c3ccccc3F)s2)[nH]c1C. The molecular formula is C20H20FN3OS. The fourth-order valence-electron chi connectivity index (χ4n) is 2.52. The molecule has 0 saturated carbocycles. The topological polar surface area (TPSA) is 57.8 Å². The van der Waals surface area contributed by atoms with Crippen LogP contribution in [0.15, 0.2) is 42.5 Å². The quantitative estimate of drug-likeness (QED) is 0.636. The van der Waals surface area contributed by atoms with E-state index in [0.29, 0.717) is 5.56 Å². The first kappa shape index (κ1) is 18.1. The van der Waals surface area contributed by atoms with Gasteiger partial charge in [0.2, 0.25) is 5.91 Å². The van der Waals surface area contributed by atoms with Crippen molar-refractivity contribution in [1.82, 2.24) is 15.3 Å². The van der Waals surface area contributed by atoms with Crippen LogP contribution >= 0.6 is 11.3 Å². The standard InChI is InChI=1S/C20H20FN3OS/c1-12-13(2)24-20(23-12)14(3)22-19(25)11-9-15-8-10-18(26-15)16-6-4-5-7-17(16)21/h4-11,14H,1-3H3,(H,22,25)(H,23,24)/b11-9+. The third-order valence-electron chi connectivity index (χ3n) is 4.08. The van der Waals surface area contributed by atoms with E-state index in [-0.39, 0.29) is 17.8 Å². The van der Waals surface area contributed by atoms with E-state index in [4.69, 9.17) is 0 Å². The first-order chi connectivity index (χ1) is 12.4. The molecule has 0 aliphatic rings. The van der Waals surface area contributed by atoms with E-state index >= 15 is 0 Å². The van der Waals surface area contributed by atoms with Gasteiger partial charge in [0, 0.05) is 27.1 Å². The van der Waals surface area contributed by atoms with Gasteiger partial charge in [-0.2, -0.15) is 0 Å². The Bertz CT molecular complexity index is 938. The van der Waals surface area contributed by atoms with Gasteiger partial charge < -0.3 is 10.3 Å². The van der Waals surface area contributed by atoms with Crippen molar-refractivity contribution >= 4 is 23.3 Å². The van der Waals surface area contributed by atoms with Gasteiger partial charge in [0.05, 0.1) is 11.7 Å². The first-order valence-electron chi connectivity index (χ1n) is 8.30. The molecule has 1 atom stereocenters. The predicted molar refractivity (Wildman–Crippen MR) is 103 cm³/mol. The van der Waals surface area contributed by atoms with Crippen molar-refractivity contribution in [3.63, 3.8) is 0 Å². The molecule has 0 bridgehead atoms. The fourth-order valence-corrected chi connectivity index (χ4v) is 3.45. The summed E-state index contributed by atoms with van der Waals surface area (Å²) in [5.41, 5.74) is 2.49. The van der Waals surface area contributed by atoms with Gasteiger partial charge in [-0.3, -0.25) is 4.79 Å². The Morgan fingerprint density at radius 1 is 1.27 bits per heavy atom. The molecular weight excluding hydrogens is 349 g/mol. The molecule has 2 aromatic heterocycles. The van der Waals surface area contributed by atoms with Gasteiger partial charge in [-0.1, -0.05) is 18.2 Å². The molecule has 1 unspecified atom stereocenters. The lowest BCUT2D eigenvalue weighted by Crippen LogP contribution is -2.25. The Hall–Kier alpha value is -2.73. The summed E-state index contributed by atoms with van der Waals surface area (Å²) in [6.07, 6.45) is 3.21. The maximum absolute atomic E-state index is 13.8. The lowest BCUT2D eigenvalue weighted by molar-refractivity contribution is -0.117. The van der Waals surface area contributed by atoms with Gasteiger partial charge in [0.1, 0.15) is 11.6 Å². The minimum Gasteiger partial charge on any atom is -0.344 e. The van der Waals surface area contributed by atoms with Gasteiger partial charge in [0.15, 0.2) is 0 Å². The zero-order valence-corrected chi connectivity index (χ0v) is 15.7. The monoisotopic (exact) mass is 369 g/mol. The van der Waals surface area contributed by atoms with Gasteiger partial charge in [-0.25, -0.2) is 9.37 Å². The Labute approximate surface area is 155 Å². The maximum atomic E-state index is 13.8. The summed E-state index contributed by atoms with van der Waals surface area (Å²) in [6.45, 7) is 5.75. The Morgan fingerprint density at radius 3 is 2.73 bits per heavy atom. The summed E-state index contributed by atoms with van der Waals surface area (Å²) in [6, 6.07) is 10.2. The van der Waals surface area contributed by atoms with Crippen LogP contribution in [0.5, 0.6) is 0 Å². The second-order valence-corrected chi connectivity index (χ2v) is 7.19. The molecule has 26 heavy (non-hydrogen) atoms. The van der Waals surface area contributed by atoms with Gasteiger partial charge in [0.25, 0.3) is 0 Å². The summed E-state index contributed by atoms with van der Waals surface area (Å²) >= 11 is 1.44. The molecule has 0 fully saturated rings. The van der Waals surface area contributed by atoms with Gasteiger partial charge in [-0.05, 0) is 45.0 Å². The van der Waals surface area contributed by atoms with E-state index < -0.39 is 0 Å². The van der Waals surface area contributed by atoms with Crippen LogP contribution < -0.4 is 5.32 Å². The fraction of sp³-hybridized carbons (Fsp3) is 0.200. The number of aromatic nitrogens is 2. The van der Waals surface area contributed by atoms with E-state index in [2.05, 4.69) is 15.3 Å². The highest BCUT2D eigenvalue weighted by Crippen LogP contribution is 2.30. The van der Waals surface area contributed by atoms with Crippen LogP contribution in [-0.2, 0) is 4.79 Å². The molecule has 6 heteroatoms. The molecule has 0 spiro atoms. The molecule has 3 rings (SSSR count). The van der Waals surface area contributed by atoms with Crippen LogP contribution in [0.4, 0.5) is 4.39 Å². The summed E-state index contributed by atoms with van der Waals surface area (Å²) < 4.78 is 13.8. The van der Waals surface area contributed by atoms with Crippen LogP contribution in [-0.4, -0.2) is 15.9 Å². The van der Waals surface area contributed by atoms with Crippen LogP contribution in [0.1, 0.15) is 35.1 Å².